The number of carbonyl (C=O) groups excluding carboxylic acids is 1. The van der Waals surface area contributed by atoms with Crippen LogP contribution in [0.2, 0.25) is 5.02 Å². The molecule has 0 spiro atoms. The largest absolute Gasteiger partial charge is 0.542 e. The van der Waals surface area contributed by atoms with Crippen molar-refractivity contribution in [3.8, 4) is 0 Å². The number of carbonyl (C=O) groups is 1. The van der Waals surface area contributed by atoms with Crippen molar-refractivity contribution in [3.05, 3.63) is 44.8 Å². The zero-order valence-electron chi connectivity index (χ0n) is 8.24. The SMILES string of the molecule is Cc1cc2oc(C(=O)[O-])cc(=O)c2cc1Cl. The van der Waals surface area contributed by atoms with E-state index in [-0.39, 0.29) is 11.0 Å². The van der Waals surface area contributed by atoms with Crippen LogP contribution in [-0.2, 0) is 0 Å². The first-order valence-corrected chi connectivity index (χ1v) is 4.82. The van der Waals surface area contributed by atoms with E-state index < -0.39 is 17.2 Å². The molecular formula is C11H6ClO4-. The second-order valence-corrected chi connectivity index (χ2v) is 3.77. The Morgan fingerprint density at radius 1 is 1.38 bits per heavy atom. The van der Waals surface area contributed by atoms with Crippen LogP contribution >= 0.6 is 11.6 Å². The van der Waals surface area contributed by atoms with Gasteiger partial charge in [-0.05, 0) is 24.6 Å². The van der Waals surface area contributed by atoms with Crippen molar-refractivity contribution < 1.29 is 14.3 Å². The Balaban J connectivity index is 2.88. The number of benzene rings is 1. The highest BCUT2D eigenvalue weighted by Gasteiger charge is 2.07. The minimum atomic E-state index is -1.52. The Labute approximate surface area is 95.1 Å². The summed E-state index contributed by atoms with van der Waals surface area (Å²) in [7, 11) is 0. The average molecular weight is 238 g/mol. The van der Waals surface area contributed by atoms with Gasteiger partial charge in [0.05, 0.1) is 5.39 Å². The Morgan fingerprint density at radius 2 is 2.06 bits per heavy atom. The molecule has 0 bridgehead atoms. The normalized spacial score (nSPS) is 10.6. The lowest BCUT2D eigenvalue weighted by atomic mass is 10.1. The summed E-state index contributed by atoms with van der Waals surface area (Å²) in [6.07, 6.45) is 0. The minimum Gasteiger partial charge on any atom is -0.542 e. The van der Waals surface area contributed by atoms with Crippen LogP contribution in [0.25, 0.3) is 11.0 Å². The van der Waals surface area contributed by atoms with Crippen molar-refractivity contribution in [2.75, 3.05) is 0 Å². The van der Waals surface area contributed by atoms with Crippen LogP contribution in [0.5, 0.6) is 0 Å². The molecule has 0 aliphatic rings. The maximum atomic E-state index is 11.6. The molecule has 0 N–H and O–H groups in total. The van der Waals surface area contributed by atoms with E-state index in [2.05, 4.69) is 0 Å². The molecule has 0 saturated carbocycles. The molecule has 0 atom stereocenters. The minimum absolute atomic E-state index is 0.189. The van der Waals surface area contributed by atoms with Crippen molar-refractivity contribution in [3.63, 3.8) is 0 Å². The van der Waals surface area contributed by atoms with Gasteiger partial charge in [-0.3, -0.25) is 4.79 Å². The number of aryl methyl sites for hydroxylation is 1. The van der Waals surface area contributed by atoms with Crippen molar-refractivity contribution >= 4 is 28.5 Å². The highest BCUT2D eigenvalue weighted by atomic mass is 35.5. The molecular weight excluding hydrogens is 232 g/mol. The maximum Gasteiger partial charge on any atom is 0.193 e. The van der Waals surface area contributed by atoms with Gasteiger partial charge in [0.2, 0.25) is 0 Å². The molecule has 0 amide bonds. The van der Waals surface area contributed by atoms with Crippen molar-refractivity contribution in [1.82, 2.24) is 0 Å². The first kappa shape index (κ1) is 10.7. The fraction of sp³-hybridized carbons (Fsp3) is 0.0909. The number of halogens is 1. The molecule has 82 valence electrons. The van der Waals surface area contributed by atoms with Crippen LogP contribution < -0.4 is 10.5 Å². The second kappa shape index (κ2) is 3.64. The van der Waals surface area contributed by atoms with E-state index in [9.17, 15) is 14.7 Å². The second-order valence-electron chi connectivity index (χ2n) is 3.36. The molecule has 4 nitrogen and oxygen atoms in total. The summed E-state index contributed by atoms with van der Waals surface area (Å²) >= 11 is 5.85. The van der Waals surface area contributed by atoms with Crippen molar-refractivity contribution in [1.29, 1.82) is 0 Å². The molecule has 5 heteroatoms. The van der Waals surface area contributed by atoms with E-state index >= 15 is 0 Å². The Hall–Kier alpha value is -1.81. The van der Waals surface area contributed by atoms with Gasteiger partial charge in [0.15, 0.2) is 11.2 Å². The number of hydrogen-bond acceptors (Lipinski definition) is 4. The smallest absolute Gasteiger partial charge is 0.193 e. The van der Waals surface area contributed by atoms with Gasteiger partial charge >= 0.3 is 0 Å². The summed E-state index contributed by atoms with van der Waals surface area (Å²) < 4.78 is 5.02. The lowest BCUT2D eigenvalue weighted by molar-refractivity contribution is -0.257. The number of rotatable bonds is 1. The standard InChI is InChI=1S/C11H7ClO4/c1-5-2-9-6(3-7(5)12)8(13)4-10(16-9)11(14)15/h2-4H,1H3,(H,14,15)/p-1. The van der Waals surface area contributed by atoms with Crippen LogP contribution in [0.15, 0.2) is 27.4 Å². The third-order valence-corrected chi connectivity index (χ3v) is 2.62. The lowest BCUT2D eigenvalue weighted by Gasteiger charge is -2.04. The van der Waals surface area contributed by atoms with Crippen molar-refractivity contribution in [2.24, 2.45) is 0 Å². The quantitative estimate of drug-likeness (QED) is 0.745. The van der Waals surface area contributed by atoms with Gasteiger partial charge in [-0.15, -0.1) is 0 Å². The third-order valence-electron chi connectivity index (χ3n) is 2.21. The third kappa shape index (κ3) is 1.67. The molecule has 2 aromatic rings. The van der Waals surface area contributed by atoms with Crippen LogP contribution in [0.4, 0.5) is 0 Å². The molecule has 1 aromatic carbocycles. The summed E-state index contributed by atoms with van der Waals surface area (Å²) in [4.78, 5) is 22.1. The van der Waals surface area contributed by atoms with Gasteiger partial charge < -0.3 is 14.3 Å². The Bertz CT molecular complexity index is 642. The molecule has 16 heavy (non-hydrogen) atoms. The fourth-order valence-corrected chi connectivity index (χ4v) is 1.54. The summed E-state index contributed by atoms with van der Waals surface area (Å²) in [5, 5.41) is 11.3. The molecule has 0 fully saturated rings. The first-order valence-electron chi connectivity index (χ1n) is 4.44. The highest BCUT2D eigenvalue weighted by Crippen LogP contribution is 2.21. The van der Waals surface area contributed by atoms with E-state index in [1.807, 2.05) is 0 Å². The maximum absolute atomic E-state index is 11.6. The molecule has 0 radical (unpaired) electrons. The number of hydrogen-bond donors (Lipinski definition) is 0. The Morgan fingerprint density at radius 3 is 2.69 bits per heavy atom. The predicted molar refractivity (Wildman–Crippen MR) is 56.6 cm³/mol. The monoisotopic (exact) mass is 237 g/mol. The zero-order valence-corrected chi connectivity index (χ0v) is 9.00. The first-order chi connectivity index (χ1) is 7.49. The fourth-order valence-electron chi connectivity index (χ4n) is 1.38. The number of carboxylic acids is 1. The van der Waals surface area contributed by atoms with Gasteiger partial charge in [-0.1, -0.05) is 11.6 Å². The van der Waals surface area contributed by atoms with Gasteiger partial charge in [-0.25, -0.2) is 0 Å². The number of aromatic carboxylic acids is 1. The molecule has 0 unspecified atom stereocenters. The van der Waals surface area contributed by atoms with E-state index in [1.54, 1.807) is 6.92 Å². The van der Waals surface area contributed by atoms with Crippen LogP contribution in [-0.4, -0.2) is 5.97 Å². The van der Waals surface area contributed by atoms with Gasteiger partial charge in [0.1, 0.15) is 11.6 Å². The van der Waals surface area contributed by atoms with Crippen LogP contribution in [0, 0.1) is 6.92 Å². The van der Waals surface area contributed by atoms with E-state index in [4.69, 9.17) is 16.0 Å². The summed E-state index contributed by atoms with van der Waals surface area (Å²) in [6.45, 7) is 1.73. The zero-order chi connectivity index (χ0) is 11.9. The summed E-state index contributed by atoms with van der Waals surface area (Å²) in [5.41, 5.74) is 0.434. The van der Waals surface area contributed by atoms with Gasteiger partial charge in [0.25, 0.3) is 0 Å². The summed E-state index contributed by atoms with van der Waals surface area (Å²) in [5.74, 6) is -2.01. The molecule has 1 aromatic heterocycles. The molecule has 0 aliphatic heterocycles. The molecule has 1 heterocycles. The highest BCUT2D eigenvalue weighted by molar-refractivity contribution is 6.32. The molecule has 0 aliphatic carbocycles. The Kier molecular flexibility index (Phi) is 2.44. The topological polar surface area (TPSA) is 70.3 Å². The molecule has 2 rings (SSSR count). The number of carboxylic acid groups (broad SMARTS) is 1. The lowest BCUT2D eigenvalue weighted by Crippen LogP contribution is -2.23. The average Bonchev–Trinajstić information content (AvgIpc) is 2.20. The van der Waals surface area contributed by atoms with Crippen LogP contribution in [0.3, 0.4) is 0 Å². The van der Waals surface area contributed by atoms with E-state index in [1.165, 1.54) is 12.1 Å². The predicted octanol–water partition coefficient (Wildman–Crippen LogP) is 1.12. The van der Waals surface area contributed by atoms with Gasteiger partial charge in [-0.2, -0.15) is 0 Å². The van der Waals surface area contributed by atoms with Gasteiger partial charge in [0, 0.05) is 11.1 Å². The number of fused-ring (bicyclic) bond motifs is 1. The van der Waals surface area contributed by atoms with E-state index in [0.717, 1.165) is 6.07 Å². The van der Waals surface area contributed by atoms with Crippen LogP contribution in [0.1, 0.15) is 16.1 Å². The van der Waals surface area contributed by atoms with E-state index in [0.29, 0.717) is 10.6 Å². The van der Waals surface area contributed by atoms with Crippen molar-refractivity contribution in [2.45, 2.75) is 6.92 Å². The summed E-state index contributed by atoms with van der Waals surface area (Å²) in [6, 6.07) is 3.85. The molecule has 0 saturated heterocycles.